The first-order valence-corrected chi connectivity index (χ1v) is 11.6. The molecule has 2 rings (SSSR count). The summed E-state index contributed by atoms with van der Waals surface area (Å²) in [6.45, 7) is 0.780. The number of carbonyl (C=O) groups is 2. The average Bonchev–Trinajstić information content (AvgIpc) is 2.78. The molecule has 2 aromatic rings. The lowest BCUT2D eigenvalue weighted by molar-refractivity contribution is -0.155. The topological polar surface area (TPSA) is 108 Å². The molecule has 1 N–H and O–H groups in total. The maximum atomic E-state index is 12.9. The Kier molecular flexibility index (Phi) is 11.8. The molecule has 0 bridgehead atoms. The van der Waals surface area contributed by atoms with E-state index >= 15 is 0 Å². The Morgan fingerprint density at radius 2 is 1.33 bits per heavy atom. The van der Waals surface area contributed by atoms with Gasteiger partial charge in [-0.1, -0.05) is 0 Å². The van der Waals surface area contributed by atoms with Crippen LogP contribution in [0.25, 0.3) is 0 Å². The standard InChI is InChI=1S/C11H8BrF6NO3.C9H7BrF3NO3/c1-2-21-9(20)5-3-6(12)8(22-4-10(13,14)15)19-7(5)11(16,17)18;1-2-17-8(16)4-3-5(10)7(15)14-6(4)9(11,12)13/h3H,2,4H2,1H3;3H,2H2,1H3,(H,14,15). The fourth-order valence-electron chi connectivity index (χ4n) is 2.40. The zero-order valence-electron chi connectivity index (χ0n) is 19.3. The molecule has 0 aliphatic carbocycles. The molecule has 0 aliphatic rings. The van der Waals surface area contributed by atoms with Crippen molar-refractivity contribution in [1.82, 2.24) is 9.97 Å². The van der Waals surface area contributed by atoms with Crippen molar-refractivity contribution in [3.63, 3.8) is 0 Å². The molecule has 218 valence electrons. The van der Waals surface area contributed by atoms with Crippen LogP contribution in [0.4, 0.5) is 39.5 Å². The Labute approximate surface area is 229 Å². The Balaban J connectivity index is 0.000000403. The summed E-state index contributed by atoms with van der Waals surface area (Å²) >= 11 is 5.45. The molecule has 0 saturated heterocycles. The maximum absolute atomic E-state index is 12.9. The van der Waals surface area contributed by atoms with Gasteiger partial charge >= 0.3 is 30.5 Å². The van der Waals surface area contributed by atoms with Gasteiger partial charge in [-0.2, -0.15) is 39.5 Å². The number of halogens is 11. The van der Waals surface area contributed by atoms with E-state index < -0.39 is 71.0 Å². The summed E-state index contributed by atoms with van der Waals surface area (Å²) in [7, 11) is 0. The highest BCUT2D eigenvalue weighted by Crippen LogP contribution is 2.36. The fraction of sp³-hybridized carbons (Fsp3) is 0.400. The number of H-pyrrole nitrogens is 1. The SMILES string of the molecule is CCOC(=O)c1cc(Br)c(=O)[nH]c1C(F)(F)F.CCOC(=O)c1cc(Br)c(OCC(F)(F)F)nc1C(F)(F)F. The molecule has 0 spiro atoms. The monoisotopic (exact) mass is 708 g/mol. The summed E-state index contributed by atoms with van der Waals surface area (Å²) in [4.78, 5) is 38.4. The van der Waals surface area contributed by atoms with E-state index in [1.165, 1.54) is 13.8 Å². The average molecular weight is 710 g/mol. The van der Waals surface area contributed by atoms with Crippen LogP contribution in [0.1, 0.15) is 46.0 Å². The molecular formula is C20H15Br2F9N2O6. The molecule has 0 unspecified atom stereocenters. The second kappa shape index (κ2) is 13.5. The second-order valence-corrected chi connectivity index (χ2v) is 8.46. The highest BCUT2D eigenvalue weighted by Gasteiger charge is 2.40. The number of rotatable bonds is 6. The first-order valence-electron chi connectivity index (χ1n) is 10.0. The molecule has 0 fully saturated rings. The molecule has 0 saturated carbocycles. The summed E-state index contributed by atoms with van der Waals surface area (Å²) in [5.74, 6) is -3.38. The second-order valence-electron chi connectivity index (χ2n) is 6.75. The van der Waals surface area contributed by atoms with Crippen molar-refractivity contribution in [2.24, 2.45) is 0 Å². The Hall–Kier alpha value is -2.83. The normalized spacial score (nSPS) is 11.8. The number of alkyl halides is 9. The van der Waals surface area contributed by atoms with Crippen molar-refractivity contribution in [3.8, 4) is 5.88 Å². The van der Waals surface area contributed by atoms with Crippen molar-refractivity contribution < 1.29 is 63.3 Å². The molecule has 19 heteroatoms. The summed E-state index contributed by atoms with van der Waals surface area (Å²) in [5.41, 5.74) is -5.73. The smallest absolute Gasteiger partial charge is 0.434 e. The van der Waals surface area contributed by atoms with Crippen molar-refractivity contribution in [1.29, 1.82) is 0 Å². The number of pyridine rings is 2. The Bertz CT molecular complexity index is 1240. The quantitative estimate of drug-likeness (QED) is 0.277. The minimum atomic E-state index is -5.07. The summed E-state index contributed by atoms with van der Waals surface area (Å²) in [5, 5.41) is 0. The third-order valence-corrected chi connectivity index (χ3v) is 5.01. The summed E-state index contributed by atoms with van der Waals surface area (Å²) in [6, 6.07) is 1.44. The van der Waals surface area contributed by atoms with Gasteiger partial charge in [0, 0.05) is 0 Å². The fourth-order valence-corrected chi connectivity index (χ4v) is 3.16. The van der Waals surface area contributed by atoms with Crippen LogP contribution < -0.4 is 10.3 Å². The van der Waals surface area contributed by atoms with Gasteiger partial charge in [-0.05, 0) is 57.8 Å². The molecule has 0 radical (unpaired) electrons. The lowest BCUT2D eigenvalue weighted by Gasteiger charge is -2.15. The molecule has 0 aliphatic heterocycles. The number of aromatic amines is 1. The predicted molar refractivity (Wildman–Crippen MR) is 120 cm³/mol. The summed E-state index contributed by atoms with van der Waals surface area (Å²) in [6.07, 6.45) is -14.7. The highest BCUT2D eigenvalue weighted by atomic mass is 79.9. The molecule has 2 heterocycles. The van der Waals surface area contributed by atoms with E-state index in [-0.39, 0.29) is 22.2 Å². The first kappa shape index (κ1) is 34.2. The van der Waals surface area contributed by atoms with Crippen LogP contribution in [-0.4, -0.2) is 47.9 Å². The zero-order valence-corrected chi connectivity index (χ0v) is 22.5. The molecule has 0 atom stereocenters. The number of carbonyl (C=O) groups excluding carboxylic acids is 2. The van der Waals surface area contributed by atoms with E-state index in [1.54, 1.807) is 4.98 Å². The number of nitrogens with zero attached hydrogens (tertiary/aromatic N) is 1. The van der Waals surface area contributed by atoms with E-state index in [1.807, 2.05) is 0 Å². The number of esters is 2. The van der Waals surface area contributed by atoms with Crippen molar-refractivity contribution >= 4 is 43.8 Å². The van der Waals surface area contributed by atoms with Gasteiger partial charge < -0.3 is 19.2 Å². The van der Waals surface area contributed by atoms with E-state index in [0.717, 1.165) is 6.07 Å². The van der Waals surface area contributed by atoms with Gasteiger partial charge in [0.1, 0.15) is 5.69 Å². The van der Waals surface area contributed by atoms with Gasteiger partial charge in [0.05, 0.1) is 33.3 Å². The minimum absolute atomic E-state index is 0.0626. The summed E-state index contributed by atoms with van der Waals surface area (Å²) < 4.78 is 125. The Morgan fingerprint density at radius 3 is 1.77 bits per heavy atom. The number of ether oxygens (including phenoxy) is 3. The molecule has 0 aromatic carbocycles. The first-order chi connectivity index (χ1) is 17.7. The van der Waals surface area contributed by atoms with Crippen LogP contribution in [0.3, 0.4) is 0 Å². The molecule has 39 heavy (non-hydrogen) atoms. The zero-order chi connectivity index (χ0) is 30.3. The van der Waals surface area contributed by atoms with Crippen LogP contribution >= 0.6 is 31.9 Å². The molecule has 2 aromatic heterocycles. The van der Waals surface area contributed by atoms with Crippen molar-refractivity contribution in [2.75, 3.05) is 19.8 Å². The van der Waals surface area contributed by atoms with E-state index in [4.69, 9.17) is 0 Å². The molecular weight excluding hydrogens is 695 g/mol. The number of hydrogen-bond donors (Lipinski definition) is 1. The van der Waals surface area contributed by atoms with Crippen molar-refractivity contribution in [3.05, 3.63) is 53.9 Å². The third kappa shape index (κ3) is 10.3. The number of hydrogen-bond acceptors (Lipinski definition) is 7. The van der Waals surface area contributed by atoms with Crippen LogP contribution in [0.2, 0.25) is 0 Å². The predicted octanol–water partition coefficient (Wildman–Crippen LogP) is 6.31. The molecule has 0 amide bonds. The van der Waals surface area contributed by atoms with Crippen LogP contribution in [0.5, 0.6) is 5.88 Å². The van der Waals surface area contributed by atoms with Crippen LogP contribution in [0.15, 0.2) is 25.9 Å². The third-order valence-electron chi connectivity index (χ3n) is 3.85. The van der Waals surface area contributed by atoms with Gasteiger partial charge in [-0.3, -0.25) is 4.79 Å². The largest absolute Gasteiger partial charge is 0.467 e. The van der Waals surface area contributed by atoms with E-state index in [9.17, 15) is 53.9 Å². The Morgan fingerprint density at radius 1 is 0.846 bits per heavy atom. The highest BCUT2D eigenvalue weighted by molar-refractivity contribution is 9.10. The minimum Gasteiger partial charge on any atom is -0.467 e. The van der Waals surface area contributed by atoms with Crippen LogP contribution in [-0.2, 0) is 21.8 Å². The van der Waals surface area contributed by atoms with E-state index in [2.05, 4.69) is 51.1 Å². The van der Waals surface area contributed by atoms with Crippen LogP contribution in [0, 0.1) is 0 Å². The van der Waals surface area contributed by atoms with Gasteiger partial charge in [0.25, 0.3) is 5.56 Å². The van der Waals surface area contributed by atoms with Crippen molar-refractivity contribution in [2.45, 2.75) is 32.4 Å². The van der Waals surface area contributed by atoms with Gasteiger partial charge in [0.15, 0.2) is 12.3 Å². The number of nitrogens with one attached hydrogen (secondary N) is 1. The number of aromatic nitrogens is 2. The lowest BCUT2D eigenvalue weighted by Crippen LogP contribution is -2.23. The molecule has 8 nitrogen and oxygen atoms in total. The van der Waals surface area contributed by atoms with E-state index in [0.29, 0.717) is 6.07 Å². The lowest BCUT2D eigenvalue weighted by atomic mass is 10.2. The van der Waals surface area contributed by atoms with Gasteiger partial charge in [-0.15, -0.1) is 0 Å². The maximum Gasteiger partial charge on any atom is 0.434 e. The van der Waals surface area contributed by atoms with Gasteiger partial charge in [0.2, 0.25) is 5.88 Å². The van der Waals surface area contributed by atoms with Gasteiger partial charge in [-0.25, -0.2) is 14.6 Å².